The minimum absolute atomic E-state index is 0.631. The summed E-state index contributed by atoms with van der Waals surface area (Å²) < 4.78 is 2.29. The van der Waals surface area contributed by atoms with Gasteiger partial charge in [-0.2, -0.15) is 0 Å². The predicted molar refractivity (Wildman–Crippen MR) is 219 cm³/mol. The Kier molecular flexibility index (Phi) is 6.25. The molecule has 0 radical (unpaired) electrons. The maximum atomic E-state index is 7.74. The van der Waals surface area contributed by atoms with Gasteiger partial charge in [-0.1, -0.05) is 97.1 Å². The van der Waals surface area contributed by atoms with E-state index in [1.165, 1.54) is 0 Å². The number of fused-ring (bicyclic) bond motifs is 12. The average molecular weight is 674 g/mol. The Bertz CT molecular complexity index is 3350. The third kappa shape index (κ3) is 4.27. The standard InChI is InChI=1S/C48H27N5/c1-49-30-20-24-43-40(28-30)39-27-29(19-23-42(39)53(43)31-11-3-2-4-12-31)32-21-22-35(34-14-6-5-13-33(32)34)46-45-38-17-10-26-51-48(38)47-37(16-9-25-50-47)44(45)36-15-7-8-18-41(36)52-46/h2-28H. The predicted octanol–water partition coefficient (Wildman–Crippen LogP) is 12.6. The molecule has 0 bridgehead atoms. The van der Waals surface area contributed by atoms with Gasteiger partial charge in [-0.25, -0.2) is 9.83 Å². The highest BCUT2D eigenvalue weighted by Crippen LogP contribution is 2.45. The van der Waals surface area contributed by atoms with Crippen LogP contribution in [0.3, 0.4) is 0 Å². The summed E-state index contributed by atoms with van der Waals surface area (Å²) in [6, 6.07) is 53.0. The summed E-state index contributed by atoms with van der Waals surface area (Å²) in [5, 5.41) is 9.87. The van der Waals surface area contributed by atoms with Gasteiger partial charge < -0.3 is 4.57 Å². The molecule has 0 atom stereocenters. The molecule has 11 aromatic rings. The molecule has 4 heterocycles. The van der Waals surface area contributed by atoms with Gasteiger partial charge in [0.15, 0.2) is 5.69 Å². The van der Waals surface area contributed by atoms with Crippen LogP contribution in [0, 0.1) is 6.57 Å². The van der Waals surface area contributed by atoms with Gasteiger partial charge in [0.1, 0.15) is 0 Å². The van der Waals surface area contributed by atoms with E-state index in [2.05, 4.69) is 131 Å². The lowest BCUT2D eigenvalue weighted by atomic mass is 9.89. The number of benzene rings is 7. The SMILES string of the molecule is [C-]#[N+]c1ccc2c(c1)c1cc(-c3ccc(-c4nc5ccccc5c5c6cccnc6c6ncccc6c45)c4ccccc34)ccc1n2-c1ccccc1. The second-order valence-electron chi connectivity index (χ2n) is 13.4. The normalized spacial score (nSPS) is 11.8. The van der Waals surface area contributed by atoms with E-state index in [4.69, 9.17) is 21.5 Å². The highest BCUT2D eigenvalue weighted by molar-refractivity contribution is 6.33. The molecule has 5 heteroatoms. The van der Waals surface area contributed by atoms with E-state index >= 15 is 0 Å². The van der Waals surface area contributed by atoms with E-state index in [1.807, 2.05) is 42.7 Å². The van der Waals surface area contributed by atoms with Gasteiger partial charge in [0, 0.05) is 56.0 Å². The maximum absolute atomic E-state index is 7.74. The summed E-state index contributed by atoms with van der Waals surface area (Å²) in [6.07, 6.45) is 3.69. The van der Waals surface area contributed by atoms with Gasteiger partial charge in [0.05, 0.1) is 39.8 Å². The molecule has 0 unspecified atom stereocenters. The van der Waals surface area contributed by atoms with Crippen molar-refractivity contribution in [2.75, 3.05) is 0 Å². The third-order valence-corrected chi connectivity index (χ3v) is 10.7. The average Bonchev–Trinajstić information content (AvgIpc) is 3.56. The van der Waals surface area contributed by atoms with Crippen LogP contribution in [0.15, 0.2) is 164 Å². The Balaban J connectivity index is 1.20. The molecule has 0 aliphatic carbocycles. The molecule has 0 amide bonds. The summed E-state index contributed by atoms with van der Waals surface area (Å²) in [7, 11) is 0. The smallest absolute Gasteiger partial charge is 0.188 e. The molecule has 0 spiro atoms. The molecule has 0 saturated carbocycles. The number of hydrogen-bond donors (Lipinski definition) is 0. The number of rotatable bonds is 3. The van der Waals surface area contributed by atoms with Crippen molar-refractivity contribution in [1.29, 1.82) is 0 Å². The molecule has 11 rings (SSSR count). The zero-order valence-electron chi connectivity index (χ0n) is 28.3. The zero-order chi connectivity index (χ0) is 35.0. The molecule has 0 saturated heterocycles. The molecule has 7 aromatic carbocycles. The number of pyridine rings is 3. The largest absolute Gasteiger partial charge is 0.309 e. The highest BCUT2D eigenvalue weighted by atomic mass is 15.0. The summed E-state index contributed by atoms with van der Waals surface area (Å²) in [5.41, 5.74) is 10.9. The van der Waals surface area contributed by atoms with Crippen molar-refractivity contribution in [3.8, 4) is 28.1 Å². The Hall–Kier alpha value is -7.42. The highest BCUT2D eigenvalue weighted by Gasteiger charge is 2.21. The number of hydrogen-bond acceptors (Lipinski definition) is 3. The van der Waals surface area contributed by atoms with Crippen LogP contribution in [0.4, 0.5) is 5.69 Å². The van der Waals surface area contributed by atoms with Crippen LogP contribution in [0.5, 0.6) is 0 Å². The Morgan fingerprint density at radius 2 is 1.08 bits per heavy atom. The van der Waals surface area contributed by atoms with Crippen LogP contribution in [0.2, 0.25) is 0 Å². The van der Waals surface area contributed by atoms with Gasteiger partial charge in [0.2, 0.25) is 0 Å². The van der Waals surface area contributed by atoms with Crippen LogP contribution < -0.4 is 0 Å². The molecule has 0 fully saturated rings. The van der Waals surface area contributed by atoms with Crippen molar-refractivity contribution in [2.45, 2.75) is 0 Å². The van der Waals surface area contributed by atoms with Crippen molar-refractivity contribution < 1.29 is 0 Å². The van der Waals surface area contributed by atoms with E-state index in [1.54, 1.807) is 0 Å². The van der Waals surface area contributed by atoms with Gasteiger partial charge in [0.25, 0.3) is 0 Å². The van der Waals surface area contributed by atoms with Crippen molar-refractivity contribution in [2.24, 2.45) is 0 Å². The van der Waals surface area contributed by atoms with Gasteiger partial charge in [-0.3, -0.25) is 9.97 Å². The van der Waals surface area contributed by atoms with E-state index in [0.29, 0.717) is 5.69 Å². The van der Waals surface area contributed by atoms with Gasteiger partial charge in [-0.15, -0.1) is 0 Å². The van der Waals surface area contributed by atoms with Gasteiger partial charge in [-0.05, 0) is 81.9 Å². The molecular weight excluding hydrogens is 647 g/mol. The van der Waals surface area contributed by atoms with Crippen LogP contribution in [-0.4, -0.2) is 19.5 Å². The Morgan fingerprint density at radius 3 is 1.83 bits per heavy atom. The lowest BCUT2D eigenvalue weighted by Gasteiger charge is -2.17. The van der Waals surface area contributed by atoms with Crippen LogP contribution in [-0.2, 0) is 0 Å². The molecule has 53 heavy (non-hydrogen) atoms. The first-order valence-electron chi connectivity index (χ1n) is 17.6. The molecule has 4 aromatic heterocycles. The monoisotopic (exact) mass is 673 g/mol. The molecule has 0 aliphatic rings. The first kappa shape index (κ1) is 29.3. The van der Waals surface area contributed by atoms with Crippen molar-refractivity contribution in [3.63, 3.8) is 0 Å². The Morgan fingerprint density at radius 1 is 0.472 bits per heavy atom. The number of aromatic nitrogens is 4. The molecular formula is C48H27N5. The first-order chi connectivity index (χ1) is 26.3. The summed E-state index contributed by atoms with van der Waals surface area (Å²) in [5.74, 6) is 0. The van der Waals surface area contributed by atoms with Crippen LogP contribution in [0.1, 0.15) is 0 Å². The fourth-order valence-corrected chi connectivity index (χ4v) is 8.40. The molecule has 5 nitrogen and oxygen atoms in total. The van der Waals surface area contributed by atoms with Crippen molar-refractivity contribution in [3.05, 3.63) is 175 Å². The third-order valence-electron chi connectivity index (χ3n) is 10.7. The molecule has 244 valence electrons. The van der Waals surface area contributed by atoms with E-state index in [9.17, 15) is 0 Å². The van der Waals surface area contributed by atoms with E-state index < -0.39 is 0 Å². The fraction of sp³-hybridized carbons (Fsp3) is 0. The van der Waals surface area contributed by atoms with Gasteiger partial charge >= 0.3 is 0 Å². The van der Waals surface area contributed by atoms with E-state index in [-0.39, 0.29) is 0 Å². The topological polar surface area (TPSA) is 48.0 Å². The zero-order valence-corrected chi connectivity index (χ0v) is 28.3. The summed E-state index contributed by atoms with van der Waals surface area (Å²) in [4.78, 5) is 18.9. The quantitative estimate of drug-likeness (QED) is 0.139. The minimum Gasteiger partial charge on any atom is -0.309 e. The summed E-state index contributed by atoms with van der Waals surface area (Å²) >= 11 is 0. The lowest BCUT2D eigenvalue weighted by molar-refractivity contribution is 1.18. The minimum atomic E-state index is 0.631. The number of para-hydroxylation sites is 2. The second kappa shape index (κ2) is 11.3. The van der Waals surface area contributed by atoms with Crippen LogP contribution in [0.25, 0.3) is 109 Å². The van der Waals surface area contributed by atoms with Crippen molar-refractivity contribution in [1.82, 2.24) is 19.5 Å². The number of nitrogens with zero attached hydrogens (tertiary/aromatic N) is 5. The second-order valence-corrected chi connectivity index (χ2v) is 13.4. The Labute approximate surface area is 303 Å². The van der Waals surface area contributed by atoms with Crippen LogP contribution >= 0.6 is 0 Å². The molecule has 0 aliphatic heterocycles. The molecule has 0 N–H and O–H groups in total. The first-order valence-corrected chi connectivity index (χ1v) is 17.6. The fourth-order valence-electron chi connectivity index (χ4n) is 8.40. The summed E-state index contributed by atoms with van der Waals surface area (Å²) in [6.45, 7) is 7.74. The lowest BCUT2D eigenvalue weighted by Crippen LogP contribution is -1.95. The van der Waals surface area contributed by atoms with E-state index in [0.717, 1.165) is 104 Å². The maximum Gasteiger partial charge on any atom is 0.188 e. The van der Waals surface area contributed by atoms with Crippen molar-refractivity contribution >= 4 is 81.7 Å².